The number of halogens is 2. The Bertz CT molecular complexity index is 611. The highest BCUT2D eigenvalue weighted by Crippen LogP contribution is 2.37. The molecule has 5 heteroatoms. The van der Waals surface area contributed by atoms with Gasteiger partial charge in [-0.2, -0.15) is 0 Å². The van der Waals surface area contributed by atoms with Crippen LogP contribution in [0.4, 0.5) is 0 Å². The van der Waals surface area contributed by atoms with E-state index in [1.165, 1.54) is 0 Å². The van der Waals surface area contributed by atoms with Gasteiger partial charge in [-0.15, -0.1) is 0 Å². The number of rotatable bonds is 5. The van der Waals surface area contributed by atoms with E-state index in [0.717, 1.165) is 11.3 Å². The summed E-state index contributed by atoms with van der Waals surface area (Å²) in [5.74, 6) is 2.06. The lowest BCUT2D eigenvalue weighted by molar-refractivity contribution is 0.393. The minimum atomic E-state index is 0.0748. The second-order valence-corrected chi connectivity index (χ2v) is 5.46. The highest BCUT2D eigenvalue weighted by atomic mass is 35.5. The van der Waals surface area contributed by atoms with Crippen LogP contribution in [0.15, 0.2) is 36.4 Å². The number of hydrogen-bond donors (Lipinski definition) is 1. The first-order valence-corrected chi connectivity index (χ1v) is 7.29. The van der Waals surface area contributed by atoms with Crippen molar-refractivity contribution in [3.05, 3.63) is 52.0 Å². The lowest BCUT2D eigenvalue weighted by atomic mass is 10.1. The Morgan fingerprint density at radius 3 is 2.24 bits per heavy atom. The predicted molar refractivity (Wildman–Crippen MR) is 87.0 cm³/mol. The lowest BCUT2D eigenvalue weighted by Gasteiger charge is -2.19. The van der Waals surface area contributed by atoms with Crippen LogP contribution in [-0.4, -0.2) is 14.2 Å². The molecule has 0 aromatic heterocycles. The molecule has 1 N–H and O–H groups in total. The maximum atomic E-state index is 6.00. The van der Waals surface area contributed by atoms with Crippen LogP contribution in [0.5, 0.6) is 17.2 Å². The minimum absolute atomic E-state index is 0.0748. The summed E-state index contributed by atoms with van der Waals surface area (Å²) in [5, 5.41) is 4.25. The Hall–Kier alpha value is -1.42. The van der Waals surface area contributed by atoms with Gasteiger partial charge in [-0.05, 0) is 44.3 Å². The predicted octanol–water partition coefficient (Wildman–Crippen LogP) is 5.07. The molecule has 3 nitrogen and oxygen atoms in total. The van der Waals surface area contributed by atoms with Crippen LogP contribution in [0.1, 0.15) is 18.5 Å². The third kappa shape index (κ3) is 3.82. The maximum absolute atomic E-state index is 6.00. The van der Waals surface area contributed by atoms with Crippen molar-refractivity contribution in [3.63, 3.8) is 0 Å². The topological polar surface area (TPSA) is 30.5 Å². The first-order valence-electron chi connectivity index (χ1n) is 6.53. The van der Waals surface area contributed by atoms with Crippen molar-refractivity contribution in [3.8, 4) is 17.2 Å². The molecule has 0 amide bonds. The van der Waals surface area contributed by atoms with E-state index in [0.29, 0.717) is 21.5 Å². The molecule has 0 aliphatic carbocycles. The van der Waals surface area contributed by atoms with Gasteiger partial charge < -0.3 is 14.8 Å². The number of benzene rings is 2. The van der Waals surface area contributed by atoms with E-state index in [1.54, 1.807) is 25.3 Å². The Kier molecular flexibility index (Phi) is 5.34. The molecule has 0 aliphatic rings. The fourth-order valence-corrected chi connectivity index (χ4v) is 2.58. The smallest absolute Gasteiger partial charge is 0.135 e. The number of methoxy groups -OCH3 is 1. The molecule has 0 spiro atoms. The second-order valence-electron chi connectivity index (χ2n) is 4.59. The quantitative estimate of drug-likeness (QED) is 0.831. The molecule has 1 unspecified atom stereocenters. The van der Waals surface area contributed by atoms with Gasteiger partial charge in [0.1, 0.15) is 17.2 Å². The van der Waals surface area contributed by atoms with Crippen LogP contribution in [0.2, 0.25) is 10.0 Å². The summed E-state index contributed by atoms with van der Waals surface area (Å²) in [6.07, 6.45) is 0. The van der Waals surface area contributed by atoms with Crippen molar-refractivity contribution in [1.82, 2.24) is 5.32 Å². The minimum Gasteiger partial charge on any atom is -0.496 e. The van der Waals surface area contributed by atoms with Gasteiger partial charge in [-0.1, -0.05) is 29.3 Å². The van der Waals surface area contributed by atoms with Crippen molar-refractivity contribution >= 4 is 23.2 Å². The highest BCUT2D eigenvalue weighted by molar-refractivity contribution is 6.34. The zero-order valence-corrected chi connectivity index (χ0v) is 13.6. The largest absolute Gasteiger partial charge is 0.496 e. The van der Waals surface area contributed by atoms with E-state index in [2.05, 4.69) is 5.32 Å². The van der Waals surface area contributed by atoms with E-state index in [-0.39, 0.29) is 6.04 Å². The van der Waals surface area contributed by atoms with Crippen molar-refractivity contribution < 1.29 is 9.47 Å². The number of hydrogen-bond acceptors (Lipinski definition) is 3. The summed E-state index contributed by atoms with van der Waals surface area (Å²) in [6.45, 7) is 2.04. The molecule has 0 saturated heterocycles. The molecule has 112 valence electrons. The van der Waals surface area contributed by atoms with Crippen LogP contribution in [0, 0.1) is 0 Å². The summed E-state index contributed by atoms with van der Waals surface area (Å²) in [5.41, 5.74) is 0.943. The molecule has 0 aliphatic heterocycles. The van der Waals surface area contributed by atoms with Crippen molar-refractivity contribution in [2.24, 2.45) is 0 Å². The Morgan fingerprint density at radius 1 is 1.05 bits per heavy atom. The Balaban J connectivity index is 2.43. The fourth-order valence-electron chi connectivity index (χ4n) is 2.08. The third-order valence-corrected chi connectivity index (χ3v) is 3.61. The summed E-state index contributed by atoms with van der Waals surface area (Å²) in [7, 11) is 3.53. The van der Waals surface area contributed by atoms with E-state index in [1.807, 2.05) is 32.2 Å². The summed E-state index contributed by atoms with van der Waals surface area (Å²) < 4.78 is 11.4. The van der Waals surface area contributed by atoms with Crippen molar-refractivity contribution in [1.29, 1.82) is 0 Å². The summed E-state index contributed by atoms with van der Waals surface area (Å²) in [6, 6.07) is 10.9. The van der Waals surface area contributed by atoms with E-state index in [4.69, 9.17) is 32.7 Å². The van der Waals surface area contributed by atoms with Crippen molar-refractivity contribution in [2.45, 2.75) is 13.0 Å². The van der Waals surface area contributed by atoms with Crippen LogP contribution >= 0.6 is 23.2 Å². The Morgan fingerprint density at radius 2 is 1.67 bits per heavy atom. The van der Waals surface area contributed by atoms with Crippen LogP contribution < -0.4 is 14.8 Å². The van der Waals surface area contributed by atoms with E-state index < -0.39 is 0 Å². The second kappa shape index (κ2) is 7.03. The Labute approximate surface area is 134 Å². The van der Waals surface area contributed by atoms with E-state index >= 15 is 0 Å². The normalized spacial score (nSPS) is 12.0. The molecular weight excluding hydrogens is 309 g/mol. The van der Waals surface area contributed by atoms with Crippen LogP contribution in [-0.2, 0) is 0 Å². The first kappa shape index (κ1) is 16.0. The molecule has 0 radical (unpaired) electrons. The first-order chi connectivity index (χ1) is 10.0. The average Bonchev–Trinajstić information content (AvgIpc) is 2.45. The van der Waals surface area contributed by atoms with Crippen molar-refractivity contribution in [2.75, 3.05) is 14.2 Å². The molecule has 21 heavy (non-hydrogen) atoms. The maximum Gasteiger partial charge on any atom is 0.135 e. The van der Waals surface area contributed by atoms with Gasteiger partial charge in [0.2, 0.25) is 0 Å². The molecule has 2 aromatic rings. The van der Waals surface area contributed by atoms with E-state index in [9.17, 15) is 0 Å². The standard InChI is InChI=1S/C16H17Cl2NO2/c1-10(19-2)16-14(20-3)5-4-6-15(16)21-13-8-11(17)7-12(18)9-13/h4-10,19H,1-3H3. The molecule has 2 rings (SSSR count). The fraction of sp³-hybridized carbons (Fsp3) is 0.250. The van der Waals surface area contributed by atoms with Gasteiger partial charge >= 0.3 is 0 Å². The van der Waals surface area contributed by atoms with Gasteiger partial charge in [0.15, 0.2) is 0 Å². The van der Waals surface area contributed by atoms with Crippen LogP contribution in [0.3, 0.4) is 0 Å². The van der Waals surface area contributed by atoms with Crippen LogP contribution in [0.25, 0.3) is 0 Å². The molecular formula is C16H17Cl2NO2. The number of nitrogens with one attached hydrogen (secondary N) is 1. The van der Waals surface area contributed by atoms with Gasteiger partial charge in [0.25, 0.3) is 0 Å². The van der Waals surface area contributed by atoms with Gasteiger partial charge in [0.05, 0.1) is 12.7 Å². The molecule has 1 atom stereocenters. The molecule has 2 aromatic carbocycles. The summed E-state index contributed by atoms with van der Waals surface area (Å²) in [4.78, 5) is 0. The molecule has 0 fully saturated rings. The summed E-state index contributed by atoms with van der Waals surface area (Å²) >= 11 is 12.0. The lowest BCUT2D eigenvalue weighted by Crippen LogP contribution is -2.14. The van der Waals surface area contributed by atoms with Gasteiger partial charge in [-0.25, -0.2) is 0 Å². The highest BCUT2D eigenvalue weighted by Gasteiger charge is 2.16. The zero-order chi connectivity index (χ0) is 15.4. The zero-order valence-electron chi connectivity index (χ0n) is 12.1. The average molecular weight is 326 g/mol. The number of ether oxygens (including phenoxy) is 2. The molecule has 0 bridgehead atoms. The molecule has 0 saturated carbocycles. The monoisotopic (exact) mass is 325 g/mol. The van der Waals surface area contributed by atoms with Gasteiger partial charge in [0, 0.05) is 16.1 Å². The third-order valence-electron chi connectivity index (χ3n) is 3.18. The molecule has 0 heterocycles. The van der Waals surface area contributed by atoms with Gasteiger partial charge in [-0.3, -0.25) is 0 Å². The SMILES string of the molecule is CNC(C)c1c(OC)cccc1Oc1cc(Cl)cc(Cl)c1.